The average Bonchev–Trinajstić information content (AvgIpc) is 3.94. The number of para-hydroxylation sites is 2. The lowest BCUT2D eigenvalue weighted by Crippen LogP contribution is -2.32. The van der Waals surface area contributed by atoms with Gasteiger partial charge in [0.2, 0.25) is 0 Å². The first-order chi connectivity index (χ1) is 35.0. The van der Waals surface area contributed by atoms with E-state index in [-0.39, 0.29) is 39.3 Å². The number of hydrogen-bond donors (Lipinski definition) is 0. The molecule has 0 amide bonds. The van der Waals surface area contributed by atoms with E-state index in [1.165, 1.54) is 5.56 Å². The number of ether oxygens (including phenoxy) is 1. The molecule has 5 heteroatoms. The highest BCUT2D eigenvalue weighted by Crippen LogP contribution is 2.39. The van der Waals surface area contributed by atoms with Crippen molar-refractivity contribution in [2.75, 3.05) is 0 Å². The molecule has 310 valence electrons. The molecule has 7 aromatic carbocycles. The number of benzene rings is 7. The maximum Gasteiger partial charge on any atom is 0.269 e. The van der Waals surface area contributed by atoms with Gasteiger partial charge in [0, 0.05) is 24.4 Å². The average molecular weight is 832 g/mol. The fraction of sp³-hybridized carbons (Fsp3) is 0.172. The number of nitrogens with zero attached hydrogens (tertiary/aromatic N) is 4. The summed E-state index contributed by atoms with van der Waals surface area (Å²) >= 11 is 0. The molecule has 3 aromatic heterocycles. The monoisotopic (exact) mass is 831 g/mol. The number of hydrogen-bond acceptors (Lipinski definition) is 2. The van der Waals surface area contributed by atoms with Gasteiger partial charge in [-0.3, -0.25) is 13.7 Å². The van der Waals surface area contributed by atoms with Crippen molar-refractivity contribution in [2.45, 2.75) is 59.8 Å². The van der Waals surface area contributed by atoms with Crippen LogP contribution < -0.4 is 9.30 Å². The Kier molecular flexibility index (Phi) is 7.35. The van der Waals surface area contributed by atoms with Crippen LogP contribution in [0.15, 0.2) is 176 Å². The van der Waals surface area contributed by atoms with E-state index in [4.69, 9.17) is 23.4 Å². The van der Waals surface area contributed by atoms with Crippen molar-refractivity contribution in [3.05, 3.63) is 199 Å². The molecule has 0 aliphatic rings. The van der Waals surface area contributed by atoms with Crippen LogP contribution in [0.3, 0.4) is 0 Å². The third-order valence-corrected chi connectivity index (χ3v) is 11.9. The maximum absolute atomic E-state index is 9.24. The topological polar surface area (TPSA) is 35.9 Å². The Balaban J connectivity index is 1.16. The molecule has 5 nitrogen and oxygen atoms in total. The number of imidazole rings is 1. The molecule has 0 N–H and O–H groups in total. The molecule has 0 radical (unpaired) electrons. The van der Waals surface area contributed by atoms with Crippen molar-refractivity contribution < 1.29 is 24.4 Å². The van der Waals surface area contributed by atoms with Crippen molar-refractivity contribution in [3.8, 4) is 50.9 Å². The van der Waals surface area contributed by atoms with Gasteiger partial charge >= 0.3 is 0 Å². The first-order valence-electron chi connectivity index (χ1n) is 26.6. The maximum atomic E-state index is 9.24. The molecule has 0 aliphatic heterocycles. The van der Waals surface area contributed by atoms with E-state index in [0.717, 1.165) is 32.9 Å². The highest BCUT2D eigenvalue weighted by molar-refractivity contribution is 6.09. The number of aryl methyl sites for hydroxylation is 1. The van der Waals surface area contributed by atoms with Crippen molar-refractivity contribution in [2.24, 2.45) is 5.92 Å². The summed E-state index contributed by atoms with van der Waals surface area (Å²) in [6.07, 6.45) is 5.25. The van der Waals surface area contributed by atoms with Crippen LogP contribution in [0.1, 0.15) is 79.2 Å². The quantitative estimate of drug-likeness (QED) is 0.107. The number of rotatable bonds is 9. The van der Waals surface area contributed by atoms with Crippen LogP contribution in [-0.4, -0.2) is 14.1 Å². The van der Waals surface area contributed by atoms with Gasteiger partial charge in [0.1, 0.15) is 17.3 Å². The summed E-state index contributed by atoms with van der Waals surface area (Å²) in [7, 11) is 0. The molecule has 0 fully saturated rings. The number of aromatic nitrogens is 4. The highest BCUT2D eigenvalue weighted by Gasteiger charge is 2.23. The molecule has 0 spiro atoms. The summed E-state index contributed by atoms with van der Waals surface area (Å²) in [5.41, 5.74) is 6.66. The van der Waals surface area contributed by atoms with Crippen molar-refractivity contribution in [3.63, 3.8) is 0 Å². The molecule has 3 heterocycles. The molecule has 10 rings (SSSR count). The van der Waals surface area contributed by atoms with Crippen LogP contribution in [0, 0.1) is 19.2 Å². The van der Waals surface area contributed by atoms with Crippen LogP contribution in [-0.2, 0) is 5.41 Å². The van der Waals surface area contributed by atoms with Crippen LogP contribution >= 0.6 is 0 Å². The Labute approximate surface area is 386 Å². The van der Waals surface area contributed by atoms with Gasteiger partial charge in [0.15, 0.2) is 0 Å². The molecule has 0 bridgehead atoms. The zero-order chi connectivity index (χ0) is 53.0. The minimum atomic E-state index is -0.851. The molecule has 1 atom stereocenters. The zero-order valence-corrected chi connectivity index (χ0v) is 36.2. The summed E-state index contributed by atoms with van der Waals surface area (Å²) < 4.78 is 109. The lowest BCUT2D eigenvalue weighted by atomic mass is 9.86. The lowest BCUT2D eigenvalue weighted by Gasteiger charge is -2.19. The van der Waals surface area contributed by atoms with Gasteiger partial charge in [0.25, 0.3) is 6.33 Å². The molecule has 63 heavy (non-hydrogen) atoms. The first-order valence-corrected chi connectivity index (χ1v) is 21.1. The van der Waals surface area contributed by atoms with E-state index in [2.05, 4.69) is 55.9 Å². The van der Waals surface area contributed by atoms with Crippen LogP contribution in [0.25, 0.3) is 72.3 Å². The normalized spacial score (nSPS) is 15.4. The Morgan fingerprint density at radius 3 is 2.06 bits per heavy atom. The van der Waals surface area contributed by atoms with E-state index in [1.54, 1.807) is 29.0 Å². The van der Waals surface area contributed by atoms with Gasteiger partial charge in [-0.05, 0) is 118 Å². The van der Waals surface area contributed by atoms with Crippen LogP contribution in [0.2, 0.25) is 0 Å². The summed E-state index contributed by atoms with van der Waals surface area (Å²) in [6.45, 7) is 14.5. The van der Waals surface area contributed by atoms with Crippen molar-refractivity contribution >= 4 is 32.8 Å². The molecular weight excluding hydrogens is 769 g/mol. The molecule has 0 saturated carbocycles. The van der Waals surface area contributed by atoms with Crippen LogP contribution in [0.5, 0.6) is 11.5 Å². The number of fused-ring (bicyclic) bond motifs is 4. The van der Waals surface area contributed by atoms with Crippen molar-refractivity contribution in [1.29, 1.82) is 0 Å². The minimum Gasteiger partial charge on any atom is -0.458 e. The largest absolute Gasteiger partial charge is 0.458 e. The van der Waals surface area contributed by atoms with E-state index in [1.807, 2.05) is 99.0 Å². The van der Waals surface area contributed by atoms with Gasteiger partial charge in [-0.1, -0.05) is 150 Å². The third kappa shape index (κ3) is 7.27. The predicted octanol–water partition coefficient (Wildman–Crippen LogP) is 14.7. The van der Waals surface area contributed by atoms with E-state index in [0.29, 0.717) is 34.0 Å². The smallest absolute Gasteiger partial charge is 0.269 e. The van der Waals surface area contributed by atoms with E-state index in [9.17, 15) is 1.37 Å². The number of pyridine rings is 1. The second-order valence-corrected chi connectivity index (χ2v) is 17.3. The molecule has 0 saturated heterocycles. The zero-order valence-electron chi connectivity index (χ0n) is 47.2. The SMILES string of the molecule is [2H]c1c([2H])c([2H])c(-c2cccc(-c3c([2H])c([2H])c([2H])c([2H])c3[2H])c2-[n+]2[c-]n(-c3cccc(Oc4ccc5c6cc(C(C)(C)C)ccc6n(-c6cc(C([2H])(C)C(C)C)ccn6)c5c4)c3)c3cccc(C)c32)c([2H])c1[2H]. The fourth-order valence-corrected chi connectivity index (χ4v) is 8.35. The van der Waals surface area contributed by atoms with E-state index < -0.39 is 66.3 Å². The second-order valence-electron chi connectivity index (χ2n) is 17.3. The summed E-state index contributed by atoms with van der Waals surface area (Å²) in [4.78, 5) is 4.87. The summed E-state index contributed by atoms with van der Waals surface area (Å²) in [6, 6.07) is 29.1. The Morgan fingerprint density at radius 2 is 1.37 bits per heavy atom. The minimum absolute atomic E-state index is 0.0546. The first kappa shape index (κ1) is 29.1. The van der Waals surface area contributed by atoms with Gasteiger partial charge in [-0.2, -0.15) is 0 Å². The second kappa shape index (κ2) is 15.9. The standard InChI is InChI=1S/C58H52N4O/c1-38(2)40(4)43-31-32-59-55(33-43)62-52-30-27-44(58(5,6)7)34-51(52)50-29-28-47(36-54(50)62)63-46-23-15-22-45(35-46)60-37-61(56-39(3)17-14-26-53(56)60)57-48(41-18-10-8-11-19-41)24-16-25-49(57)42-20-12-9-13-21-42/h8-36,38,40H,1-7H3/i8D,9D,10D,11D,12D,13D,18D,19D,20D,21D,40D. The molecular formula is C58H52N4O. The third-order valence-electron chi connectivity index (χ3n) is 11.9. The predicted molar refractivity (Wildman–Crippen MR) is 260 cm³/mol. The van der Waals surface area contributed by atoms with E-state index >= 15 is 0 Å². The Bertz CT molecular complexity index is 3820. The van der Waals surface area contributed by atoms with Gasteiger partial charge < -0.3 is 4.74 Å². The fourth-order valence-electron chi connectivity index (χ4n) is 8.35. The van der Waals surface area contributed by atoms with Gasteiger partial charge in [-0.15, -0.1) is 0 Å². The summed E-state index contributed by atoms with van der Waals surface area (Å²) in [5.74, 6) is 0.942. The molecule has 0 aliphatic carbocycles. The van der Waals surface area contributed by atoms with Crippen LogP contribution in [0.4, 0.5) is 0 Å². The Hall–Kier alpha value is -7.24. The van der Waals surface area contributed by atoms with Gasteiger partial charge in [-0.25, -0.2) is 4.98 Å². The Morgan fingerprint density at radius 1 is 0.683 bits per heavy atom. The highest BCUT2D eigenvalue weighted by atomic mass is 16.5. The lowest BCUT2D eigenvalue weighted by molar-refractivity contribution is -0.571. The molecule has 10 aromatic rings. The van der Waals surface area contributed by atoms with Crippen molar-refractivity contribution in [1.82, 2.24) is 14.1 Å². The summed E-state index contributed by atoms with van der Waals surface area (Å²) in [5, 5.41) is 2.07. The molecule has 1 unspecified atom stereocenters. The van der Waals surface area contributed by atoms with Gasteiger partial charge in [0.05, 0.1) is 47.1 Å².